The van der Waals surface area contributed by atoms with E-state index in [-0.39, 0.29) is 5.82 Å². The van der Waals surface area contributed by atoms with Crippen LogP contribution in [0.4, 0.5) is 4.39 Å². The zero-order valence-electron chi connectivity index (χ0n) is 8.24. The predicted octanol–water partition coefficient (Wildman–Crippen LogP) is 3.25. The Morgan fingerprint density at radius 2 is 2.13 bits per heavy atom. The number of para-hydroxylation sites is 1. The Balaban J connectivity index is 2.54. The molecular weight excluding hydrogens is 306 g/mol. The number of aryl methyl sites for hydroxylation is 1. The van der Waals surface area contributed by atoms with Gasteiger partial charge in [0.15, 0.2) is 0 Å². The highest BCUT2D eigenvalue weighted by molar-refractivity contribution is 14.1. The van der Waals surface area contributed by atoms with E-state index in [0.29, 0.717) is 5.69 Å². The number of benzene rings is 1. The van der Waals surface area contributed by atoms with Gasteiger partial charge in [0.2, 0.25) is 0 Å². The quantitative estimate of drug-likeness (QED) is 0.614. The van der Waals surface area contributed by atoms with Gasteiger partial charge in [-0.15, -0.1) is 0 Å². The van der Waals surface area contributed by atoms with Crippen molar-refractivity contribution in [3.8, 4) is 5.69 Å². The molecule has 0 radical (unpaired) electrons. The third-order valence-electron chi connectivity index (χ3n) is 2.16. The smallest absolute Gasteiger partial charge is 0.148 e. The van der Waals surface area contributed by atoms with Crippen molar-refractivity contribution in [1.82, 2.24) is 9.78 Å². The van der Waals surface area contributed by atoms with Gasteiger partial charge >= 0.3 is 0 Å². The summed E-state index contributed by atoms with van der Waals surface area (Å²) in [6.07, 6.45) is 0. The molecule has 0 saturated heterocycles. The predicted molar refractivity (Wildman–Crippen MR) is 66.0 cm³/mol. The lowest BCUT2D eigenvalue weighted by atomic mass is 10.3. The maximum atomic E-state index is 13.5. The Bertz CT molecular complexity index is 479. The van der Waals surface area contributed by atoms with Crippen molar-refractivity contribution >= 4 is 22.6 Å². The van der Waals surface area contributed by atoms with E-state index in [1.807, 2.05) is 19.1 Å². The van der Waals surface area contributed by atoms with Gasteiger partial charge in [-0.25, -0.2) is 9.07 Å². The minimum atomic E-state index is -0.247. The van der Waals surface area contributed by atoms with Gasteiger partial charge in [-0.2, -0.15) is 5.10 Å². The van der Waals surface area contributed by atoms with Gasteiger partial charge in [-0.3, -0.25) is 0 Å². The number of nitrogens with zero attached hydrogens (tertiary/aromatic N) is 2. The molecule has 0 amide bonds. The first kappa shape index (κ1) is 10.6. The Labute approximate surface area is 101 Å². The Hall–Kier alpha value is -0.910. The maximum absolute atomic E-state index is 13.5. The van der Waals surface area contributed by atoms with E-state index >= 15 is 0 Å². The van der Waals surface area contributed by atoms with E-state index in [2.05, 4.69) is 27.7 Å². The number of halogens is 2. The number of aromatic nitrogens is 2. The molecule has 4 heteroatoms. The van der Waals surface area contributed by atoms with Gasteiger partial charge in [-0.05, 0) is 25.1 Å². The van der Waals surface area contributed by atoms with Crippen molar-refractivity contribution in [3.63, 3.8) is 0 Å². The monoisotopic (exact) mass is 316 g/mol. The van der Waals surface area contributed by atoms with Crippen LogP contribution in [0.1, 0.15) is 11.4 Å². The summed E-state index contributed by atoms with van der Waals surface area (Å²) in [5.74, 6) is -0.247. The standard InChI is InChI=1S/C11H10FIN2/c1-8-6-9(7-13)14-15(8)11-5-3-2-4-10(11)12/h2-6H,7H2,1H3. The third kappa shape index (κ3) is 2.04. The summed E-state index contributed by atoms with van der Waals surface area (Å²) < 4.78 is 16.0. The van der Waals surface area contributed by atoms with E-state index in [0.717, 1.165) is 15.8 Å². The summed E-state index contributed by atoms with van der Waals surface area (Å²) in [5, 5.41) is 4.33. The van der Waals surface area contributed by atoms with Crippen molar-refractivity contribution in [2.75, 3.05) is 0 Å². The average molecular weight is 316 g/mol. The maximum Gasteiger partial charge on any atom is 0.148 e. The second kappa shape index (κ2) is 4.30. The van der Waals surface area contributed by atoms with Gasteiger partial charge in [0.25, 0.3) is 0 Å². The summed E-state index contributed by atoms with van der Waals surface area (Å²) >= 11 is 2.24. The third-order valence-corrected chi connectivity index (χ3v) is 2.94. The molecule has 1 heterocycles. The van der Waals surface area contributed by atoms with E-state index in [1.54, 1.807) is 16.8 Å². The molecule has 0 fully saturated rings. The van der Waals surface area contributed by atoms with Crippen LogP contribution in [0.2, 0.25) is 0 Å². The normalized spacial score (nSPS) is 10.6. The molecule has 0 aliphatic heterocycles. The first-order valence-electron chi connectivity index (χ1n) is 4.59. The van der Waals surface area contributed by atoms with E-state index in [1.165, 1.54) is 6.07 Å². The molecule has 1 aromatic heterocycles. The van der Waals surface area contributed by atoms with Crippen molar-refractivity contribution < 1.29 is 4.39 Å². The summed E-state index contributed by atoms with van der Waals surface area (Å²) in [7, 11) is 0. The lowest BCUT2D eigenvalue weighted by Crippen LogP contribution is -2.01. The fourth-order valence-corrected chi connectivity index (χ4v) is 1.84. The van der Waals surface area contributed by atoms with E-state index in [9.17, 15) is 4.39 Å². The Morgan fingerprint density at radius 1 is 1.40 bits per heavy atom. The highest BCUT2D eigenvalue weighted by Crippen LogP contribution is 2.16. The van der Waals surface area contributed by atoms with Gasteiger partial charge < -0.3 is 0 Å². The Kier molecular flexibility index (Phi) is 3.04. The van der Waals surface area contributed by atoms with Crippen LogP contribution in [0, 0.1) is 12.7 Å². The zero-order chi connectivity index (χ0) is 10.8. The SMILES string of the molecule is Cc1cc(CI)nn1-c1ccccc1F. The molecule has 2 aromatic rings. The van der Waals surface area contributed by atoms with Crippen LogP contribution in [0.15, 0.2) is 30.3 Å². The first-order valence-corrected chi connectivity index (χ1v) is 6.11. The molecule has 0 spiro atoms. The molecule has 2 nitrogen and oxygen atoms in total. The van der Waals surface area contributed by atoms with Crippen LogP contribution in [0.5, 0.6) is 0 Å². The molecule has 0 unspecified atom stereocenters. The summed E-state index contributed by atoms with van der Waals surface area (Å²) in [5.41, 5.74) is 2.43. The van der Waals surface area contributed by atoms with Crippen molar-refractivity contribution in [2.45, 2.75) is 11.4 Å². The fourth-order valence-electron chi connectivity index (χ4n) is 1.47. The molecule has 0 bridgehead atoms. The molecule has 0 N–H and O–H groups in total. The molecular formula is C11H10FIN2. The molecule has 15 heavy (non-hydrogen) atoms. The highest BCUT2D eigenvalue weighted by Gasteiger charge is 2.08. The summed E-state index contributed by atoms with van der Waals surface area (Å²) in [6, 6.07) is 8.63. The van der Waals surface area contributed by atoms with Crippen LogP contribution >= 0.6 is 22.6 Å². The van der Waals surface area contributed by atoms with Gasteiger partial charge in [-0.1, -0.05) is 34.7 Å². The van der Waals surface area contributed by atoms with Crippen LogP contribution in [0.3, 0.4) is 0 Å². The summed E-state index contributed by atoms with van der Waals surface area (Å²) in [4.78, 5) is 0. The van der Waals surface area contributed by atoms with Crippen LogP contribution in [-0.2, 0) is 4.43 Å². The topological polar surface area (TPSA) is 17.8 Å². The second-order valence-corrected chi connectivity index (χ2v) is 4.04. The number of hydrogen-bond acceptors (Lipinski definition) is 1. The molecule has 78 valence electrons. The first-order chi connectivity index (χ1) is 7.22. The van der Waals surface area contributed by atoms with E-state index in [4.69, 9.17) is 0 Å². The summed E-state index contributed by atoms with van der Waals surface area (Å²) in [6.45, 7) is 1.93. The largest absolute Gasteiger partial charge is 0.235 e. The van der Waals surface area contributed by atoms with E-state index < -0.39 is 0 Å². The second-order valence-electron chi connectivity index (χ2n) is 3.27. The Morgan fingerprint density at radius 3 is 2.73 bits per heavy atom. The van der Waals surface area contributed by atoms with Crippen LogP contribution in [-0.4, -0.2) is 9.78 Å². The van der Waals surface area contributed by atoms with Gasteiger partial charge in [0, 0.05) is 10.1 Å². The lowest BCUT2D eigenvalue weighted by Gasteiger charge is -2.04. The minimum absolute atomic E-state index is 0.247. The molecule has 0 saturated carbocycles. The van der Waals surface area contributed by atoms with Crippen molar-refractivity contribution in [3.05, 3.63) is 47.5 Å². The molecule has 0 atom stereocenters. The highest BCUT2D eigenvalue weighted by atomic mass is 127. The van der Waals surface area contributed by atoms with Crippen molar-refractivity contribution in [2.24, 2.45) is 0 Å². The van der Waals surface area contributed by atoms with Crippen LogP contribution in [0.25, 0.3) is 5.69 Å². The number of hydrogen-bond donors (Lipinski definition) is 0. The molecule has 0 aliphatic rings. The number of rotatable bonds is 2. The molecule has 2 rings (SSSR count). The van der Waals surface area contributed by atoms with Crippen LogP contribution < -0.4 is 0 Å². The van der Waals surface area contributed by atoms with Gasteiger partial charge in [0.05, 0.1) is 5.69 Å². The lowest BCUT2D eigenvalue weighted by molar-refractivity contribution is 0.608. The zero-order valence-corrected chi connectivity index (χ0v) is 10.4. The van der Waals surface area contributed by atoms with Gasteiger partial charge in [0.1, 0.15) is 11.5 Å². The number of alkyl halides is 1. The minimum Gasteiger partial charge on any atom is -0.235 e. The van der Waals surface area contributed by atoms with Crippen molar-refractivity contribution in [1.29, 1.82) is 0 Å². The fraction of sp³-hybridized carbons (Fsp3) is 0.182. The average Bonchev–Trinajstić information content (AvgIpc) is 2.60. The molecule has 0 aliphatic carbocycles. The molecule has 1 aromatic carbocycles.